The van der Waals surface area contributed by atoms with Crippen molar-refractivity contribution in [1.29, 1.82) is 0 Å². The maximum atomic E-state index is 12.3. The van der Waals surface area contributed by atoms with Crippen molar-refractivity contribution < 1.29 is 17.6 Å². The fraction of sp³-hybridized carbons (Fsp3) is 0.214. The zero-order chi connectivity index (χ0) is 15.3. The lowest BCUT2D eigenvalue weighted by Crippen LogP contribution is -2.23. The van der Waals surface area contributed by atoms with Gasteiger partial charge in [0.05, 0.1) is 12.7 Å². The SMILES string of the molecule is C=[O+]Cc1ccsc1S(=O)(=O)NCc1cccc(OC)c1. The average molecular weight is 326 g/mol. The Morgan fingerprint density at radius 2 is 2.19 bits per heavy atom. The fourth-order valence-corrected chi connectivity index (χ4v) is 4.25. The number of methoxy groups -OCH3 is 1. The summed E-state index contributed by atoms with van der Waals surface area (Å²) in [5.74, 6) is 0.689. The third-order valence-corrected chi connectivity index (χ3v) is 5.78. The Morgan fingerprint density at radius 3 is 2.90 bits per heavy atom. The van der Waals surface area contributed by atoms with E-state index in [1.165, 1.54) is 0 Å². The maximum Gasteiger partial charge on any atom is 0.289 e. The Balaban J connectivity index is 2.13. The Labute approximate surface area is 127 Å². The topological polar surface area (TPSA) is 66.7 Å². The molecular formula is C14H16NO4S2+. The molecule has 0 atom stereocenters. The molecule has 2 rings (SSSR count). The first-order chi connectivity index (χ1) is 10.1. The molecule has 7 heteroatoms. The molecule has 0 aliphatic rings. The van der Waals surface area contributed by atoms with Crippen LogP contribution in [0.5, 0.6) is 5.75 Å². The third kappa shape index (κ3) is 3.90. The second-order valence-corrected chi connectivity index (χ2v) is 7.14. The van der Waals surface area contributed by atoms with Gasteiger partial charge in [-0.3, -0.25) is 4.42 Å². The molecule has 1 heterocycles. The van der Waals surface area contributed by atoms with Crippen molar-refractivity contribution in [1.82, 2.24) is 4.72 Å². The number of hydrogen-bond acceptors (Lipinski definition) is 4. The molecule has 0 radical (unpaired) electrons. The van der Waals surface area contributed by atoms with Crippen LogP contribution in [0.15, 0.2) is 39.9 Å². The first-order valence-corrected chi connectivity index (χ1v) is 8.49. The van der Waals surface area contributed by atoms with Crippen LogP contribution in [-0.4, -0.2) is 22.3 Å². The molecule has 1 aromatic carbocycles. The van der Waals surface area contributed by atoms with Crippen LogP contribution >= 0.6 is 11.3 Å². The molecule has 21 heavy (non-hydrogen) atoms. The van der Waals surface area contributed by atoms with Crippen molar-refractivity contribution in [3.05, 3.63) is 46.8 Å². The van der Waals surface area contributed by atoms with E-state index in [1.54, 1.807) is 30.7 Å². The summed E-state index contributed by atoms with van der Waals surface area (Å²) in [7, 11) is -2.00. The zero-order valence-electron chi connectivity index (χ0n) is 11.5. The van der Waals surface area contributed by atoms with Gasteiger partial charge in [0.15, 0.2) is 0 Å². The highest BCUT2D eigenvalue weighted by Crippen LogP contribution is 2.23. The number of rotatable bonds is 7. The molecule has 2 aromatic rings. The predicted molar refractivity (Wildman–Crippen MR) is 82.2 cm³/mol. The normalized spacial score (nSPS) is 11.3. The Morgan fingerprint density at radius 1 is 1.38 bits per heavy atom. The monoisotopic (exact) mass is 326 g/mol. The van der Waals surface area contributed by atoms with Crippen LogP contribution in [0.4, 0.5) is 0 Å². The molecule has 0 aliphatic carbocycles. The molecule has 1 N–H and O–H groups in total. The lowest BCUT2D eigenvalue weighted by Gasteiger charge is -2.07. The average Bonchev–Trinajstić information content (AvgIpc) is 2.95. The Bertz CT molecular complexity index is 722. The van der Waals surface area contributed by atoms with E-state index < -0.39 is 10.0 Å². The van der Waals surface area contributed by atoms with Gasteiger partial charge < -0.3 is 4.74 Å². The van der Waals surface area contributed by atoms with Gasteiger partial charge in [-0.25, -0.2) is 13.1 Å². The highest BCUT2D eigenvalue weighted by atomic mass is 32.2. The summed E-state index contributed by atoms with van der Waals surface area (Å²) in [6.07, 6.45) is 0. The fourth-order valence-electron chi connectivity index (χ4n) is 1.80. The number of benzene rings is 1. The van der Waals surface area contributed by atoms with Gasteiger partial charge in [0.1, 0.15) is 9.96 Å². The second kappa shape index (κ2) is 6.84. The van der Waals surface area contributed by atoms with Gasteiger partial charge in [-0.05, 0) is 29.1 Å². The molecule has 0 spiro atoms. The lowest BCUT2D eigenvalue weighted by molar-refractivity contribution is -0.465. The first-order valence-electron chi connectivity index (χ1n) is 6.13. The van der Waals surface area contributed by atoms with Crippen LogP contribution in [0.25, 0.3) is 0 Å². The van der Waals surface area contributed by atoms with Crippen LogP contribution in [0.3, 0.4) is 0 Å². The van der Waals surface area contributed by atoms with Gasteiger partial charge in [0.25, 0.3) is 23.4 Å². The van der Waals surface area contributed by atoms with Gasteiger partial charge in [0.2, 0.25) is 0 Å². The summed E-state index contributed by atoms with van der Waals surface area (Å²) < 4.78 is 37.3. The third-order valence-electron chi connectivity index (χ3n) is 2.81. The van der Waals surface area contributed by atoms with Crippen LogP contribution in [0.1, 0.15) is 11.1 Å². The van der Waals surface area contributed by atoms with Crippen molar-refractivity contribution in [2.75, 3.05) is 7.11 Å². The molecule has 1 aromatic heterocycles. The minimum atomic E-state index is -3.57. The number of sulfonamides is 1. The van der Waals surface area contributed by atoms with Crippen molar-refractivity contribution >= 4 is 28.1 Å². The number of thiophene rings is 1. The zero-order valence-corrected chi connectivity index (χ0v) is 13.2. The summed E-state index contributed by atoms with van der Waals surface area (Å²) in [5.41, 5.74) is 1.43. The van der Waals surface area contributed by atoms with E-state index in [0.29, 0.717) is 11.3 Å². The number of carbonyl (C=O) groups excluding carboxylic acids is 1. The van der Waals surface area contributed by atoms with Gasteiger partial charge in [-0.15, -0.1) is 11.3 Å². The van der Waals surface area contributed by atoms with E-state index in [0.717, 1.165) is 16.9 Å². The number of nitrogens with one attached hydrogen (secondary N) is 1. The number of ether oxygens (including phenoxy) is 1. The van der Waals surface area contributed by atoms with E-state index in [4.69, 9.17) is 9.16 Å². The van der Waals surface area contributed by atoms with E-state index in [-0.39, 0.29) is 17.4 Å². The van der Waals surface area contributed by atoms with Gasteiger partial charge in [0, 0.05) is 6.54 Å². The lowest BCUT2D eigenvalue weighted by atomic mass is 10.2. The summed E-state index contributed by atoms with van der Waals surface area (Å²) in [6, 6.07) is 8.96. The van der Waals surface area contributed by atoms with Crippen molar-refractivity contribution in [2.24, 2.45) is 0 Å². The van der Waals surface area contributed by atoms with E-state index in [9.17, 15) is 8.42 Å². The first kappa shape index (κ1) is 15.7. The van der Waals surface area contributed by atoms with Crippen LogP contribution in [0.2, 0.25) is 0 Å². The highest BCUT2D eigenvalue weighted by molar-refractivity contribution is 7.91. The van der Waals surface area contributed by atoms with Gasteiger partial charge >= 0.3 is 0 Å². The van der Waals surface area contributed by atoms with Crippen LogP contribution in [-0.2, 0) is 27.6 Å². The largest absolute Gasteiger partial charge is 0.497 e. The second-order valence-electron chi connectivity index (χ2n) is 4.26. The molecule has 0 unspecified atom stereocenters. The predicted octanol–water partition coefficient (Wildman–Crippen LogP) is 2.10. The Hall–Kier alpha value is -1.70. The minimum Gasteiger partial charge on any atom is -0.497 e. The van der Waals surface area contributed by atoms with Crippen LogP contribution < -0.4 is 9.46 Å². The molecule has 0 saturated carbocycles. The van der Waals surface area contributed by atoms with E-state index in [2.05, 4.69) is 11.5 Å². The van der Waals surface area contributed by atoms with Gasteiger partial charge in [-0.1, -0.05) is 12.1 Å². The van der Waals surface area contributed by atoms with Crippen molar-refractivity contribution in [3.63, 3.8) is 0 Å². The smallest absolute Gasteiger partial charge is 0.289 e. The maximum absolute atomic E-state index is 12.3. The summed E-state index contributed by atoms with van der Waals surface area (Å²) in [4.78, 5) is 0. The molecule has 112 valence electrons. The van der Waals surface area contributed by atoms with E-state index in [1.807, 2.05) is 12.1 Å². The standard InChI is InChI=1S/C14H16NO4S2/c1-18-10-12-6-7-20-14(12)21(16,17)15-9-11-4-3-5-13(8-11)19-2/h3-8,15H,1,9-10H2,2H3/q+1. The van der Waals surface area contributed by atoms with Crippen LogP contribution in [0, 0.1) is 0 Å². The minimum absolute atomic E-state index is 0.166. The van der Waals surface area contributed by atoms with Crippen molar-refractivity contribution in [3.8, 4) is 5.75 Å². The van der Waals surface area contributed by atoms with E-state index >= 15 is 0 Å². The molecule has 0 fully saturated rings. The molecular weight excluding hydrogens is 310 g/mol. The number of hydrogen-bond donors (Lipinski definition) is 1. The molecule has 0 amide bonds. The summed E-state index contributed by atoms with van der Waals surface area (Å²) >= 11 is 1.16. The quantitative estimate of drug-likeness (QED) is 0.792. The highest BCUT2D eigenvalue weighted by Gasteiger charge is 2.22. The summed E-state index contributed by atoms with van der Waals surface area (Å²) in [6.45, 7) is 3.63. The Kier molecular flexibility index (Phi) is 5.11. The summed E-state index contributed by atoms with van der Waals surface area (Å²) in [5, 5.41) is 1.72. The molecule has 0 saturated heterocycles. The van der Waals surface area contributed by atoms with Crippen molar-refractivity contribution in [2.45, 2.75) is 17.4 Å². The molecule has 0 aliphatic heterocycles. The molecule has 0 bridgehead atoms. The molecule has 5 nitrogen and oxygen atoms in total. The van der Waals surface area contributed by atoms with Gasteiger partial charge in [-0.2, -0.15) is 0 Å².